The van der Waals surface area contributed by atoms with E-state index in [-0.39, 0.29) is 0 Å². The first kappa shape index (κ1) is 9.38. The van der Waals surface area contributed by atoms with Gasteiger partial charge in [-0.05, 0) is 12.1 Å². The van der Waals surface area contributed by atoms with Crippen LogP contribution >= 0.6 is 0 Å². The molecular weight excluding hydrogens is 166 g/mol. The lowest BCUT2D eigenvalue weighted by molar-refractivity contribution is 0.216. The Kier molecular flexibility index (Phi) is 2.74. The molecule has 0 unspecified atom stereocenters. The first-order valence-electron chi connectivity index (χ1n) is 3.95. The minimum atomic E-state index is -0.480. The number of carbonyl (C=O) groups excluding carboxylic acids is 1. The average molecular weight is 179 g/mol. The molecule has 0 spiro atoms. The number of para-hydroxylation sites is 1. The molecule has 2 amide bonds. The highest BCUT2D eigenvalue weighted by atomic mass is 16.2. The second-order valence-electron chi connectivity index (χ2n) is 2.72. The summed E-state index contributed by atoms with van der Waals surface area (Å²) in [6.07, 6.45) is 0. The molecule has 1 aromatic rings. The first-order valence-corrected chi connectivity index (χ1v) is 3.95. The number of hydrogen-bond donors (Lipinski definition) is 1. The van der Waals surface area contributed by atoms with Crippen molar-refractivity contribution in [1.82, 2.24) is 5.01 Å². The summed E-state index contributed by atoms with van der Waals surface area (Å²) in [6.45, 7) is 0. The summed E-state index contributed by atoms with van der Waals surface area (Å²) in [6, 6.07) is 9.05. The summed E-state index contributed by atoms with van der Waals surface area (Å²) >= 11 is 0. The molecule has 0 saturated carbocycles. The highest BCUT2D eigenvalue weighted by Crippen LogP contribution is 2.11. The average Bonchev–Trinajstić information content (AvgIpc) is 2.17. The van der Waals surface area contributed by atoms with E-state index in [1.54, 1.807) is 19.1 Å². The van der Waals surface area contributed by atoms with Crippen LogP contribution in [0.3, 0.4) is 0 Å². The number of rotatable bonds is 2. The van der Waals surface area contributed by atoms with Crippen LogP contribution in [0.2, 0.25) is 0 Å². The second kappa shape index (κ2) is 3.80. The van der Waals surface area contributed by atoms with Crippen LogP contribution in [0.5, 0.6) is 0 Å². The van der Waals surface area contributed by atoms with Crippen molar-refractivity contribution in [3.63, 3.8) is 0 Å². The number of benzene rings is 1. The number of hydrazine groups is 1. The number of hydrogen-bond acceptors (Lipinski definition) is 2. The van der Waals surface area contributed by atoms with Crippen molar-refractivity contribution in [3.8, 4) is 0 Å². The molecule has 0 aliphatic heterocycles. The maximum atomic E-state index is 10.8. The van der Waals surface area contributed by atoms with Gasteiger partial charge in [0.05, 0.1) is 5.69 Å². The molecular formula is C9H13N3O. The van der Waals surface area contributed by atoms with E-state index >= 15 is 0 Å². The van der Waals surface area contributed by atoms with Crippen molar-refractivity contribution in [2.75, 3.05) is 19.1 Å². The van der Waals surface area contributed by atoms with E-state index in [1.807, 2.05) is 30.3 Å². The van der Waals surface area contributed by atoms with E-state index in [4.69, 9.17) is 5.73 Å². The Morgan fingerprint density at radius 3 is 2.23 bits per heavy atom. The first-order chi connectivity index (χ1) is 6.13. The Morgan fingerprint density at radius 1 is 1.23 bits per heavy atom. The Balaban J connectivity index is 2.79. The summed E-state index contributed by atoms with van der Waals surface area (Å²) in [4.78, 5) is 10.8. The molecule has 0 fully saturated rings. The van der Waals surface area contributed by atoms with Crippen molar-refractivity contribution >= 4 is 11.7 Å². The van der Waals surface area contributed by atoms with Crippen LogP contribution in [0.15, 0.2) is 30.3 Å². The largest absolute Gasteiger partial charge is 0.350 e. The quantitative estimate of drug-likeness (QED) is 0.690. The van der Waals surface area contributed by atoms with E-state index in [2.05, 4.69) is 0 Å². The highest BCUT2D eigenvalue weighted by molar-refractivity contribution is 5.73. The lowest BCUT2D eigenvalue weighted by Gasteiger charge is -2.28. The highest BCUT2D eigenvalue weighted by Gasteiger charge is 2.09. The van der Waals surface area contributed by atoms with Crippen molar-refractivity contribution < 1.29 is 4.79 Å². The molecule has 1 rings (SSSR count). The molecule has 0 aliphatic carbocycles. The Labute approximate surface area is 77.5 Å². The van der Waals surface area contributed by atoms with Crippen LogP contribution in [0.4, 0.5) is 10.5 Å². The van der Waals surface area contributed by atoms with Gasteiger partial charge in [0.25, 0.3) is 0 Å². The standard InChI is InChI=1S/C9H13N3O/c1-11(12(2)9(10)13)8-6-4-3-5-7-8/h3-7H,1-2H3,(H2,10,13). The van der Waals surface area contributed by atoms with Crippen LogP contribution in [-0.2, 0) is 0 Å². The molecule has 0 aromatic heterocycles. The Morgan fingerprint density at radius 2 is 1.77 bits per heavy atom. The number of nitrogens with two attached hydrogens (primary N) is 1. The van der Waals surface area contributed by atoms with E-state index in [0.717, 1.165) is 5.69 Å². The van der Waals surface area contributed by atoms with Crippen LogP contribution in [0, 0.1) is 0 Å². The predicted molar refractivity (Wildman–Crippen MR) is 52.2 cm³/mol. The van der Waals surface area contributed by atoms with Crippen molar-refractivity contribution in [2.24, 2.45) is 5.73 Å². The Hall–Kier alpha value is -1.71. The molecule has 0 bridgehead atoms. The van der Waals surface area contributed by atoms with Crippen LogP contribution in [-0.4, -0.2) is 25.1 Å². The molecule has 4 nitrogen and oxygen atoms in total. The van der Waals surface area contributed by atoms with Crippen molar-refractivity contribution in [2.45, 2.75) is 0 Å². The molecule has 0 saturated heterocycles. The van der Waals surface area contributed by atoms with Crippen LogP contribution < -0.4 is 10.7 Å². The third-order valence-electron chi connectivity index (χ3n) is 1.90. The number of primary amides is 1. The second-order valence-corrected chi connectivity index (χ2v) is 2.72. The van der Waals surface area contributed by atoms with Gasteiger partial charge in [-0.2, -0.15) is 0 Å². The maximum absolute atomic E-state index is 10.8. The molecule has 0 aliphatic rings. The SMILES string of the molecule is CN(C(N)=O)N(C)c1ccccc1. The van der Waals surface area contributed by atoms with Crippen molar-refractivity contribution in [1.29, 1.82) is 0 Å². The molecule has 70 valence electrons. The van der Waals surface area contributed by atoms with Gasteiger partial charge in [0.1, 0.15) is 0 Å². The van der Waals surface area contributed by atoms with Gasteiger partial charge >= 0.3 is 6.03 Å². The molecule has 0 heterocycles. The Bertz CT molecular complexity index is 286. The van der Waals surface area contributed by atoms with E-state index in [9.17, 15) is 4.79 Å². The fourth-order valence-corrected chi connectivity index (χ4v) is 0.965. The van der Waals surface area contributed by atoms with Gasteiger partial charge in [-0.3, -0.25) is 5.01 Å². The third kappa shape index (κ3) is 2.11. The maximum Gasteiger partial charge on any atom is 0.333 e. The van der Waals surface area contributed by atoms with Gasteiger partial charge in [-0.15, -0.1) is 0 Å². The zero-order chi connectivity index (χ0) is 9.84. The minimum absolute atomic E-state index is 0.480. The van der Waals surface area contributed by atoms with Gasteiger partial charge < -0.3 is 5.73 Å². The summed E-state index contributed by atoms with van der Waals surface area (Å²) in [5.74, 6) is 0. The molecule has 0 radical (unpaired) electrons. The molecule has 1 aromatic carbocycles. The fourth-order valence-electron chi connectivity index (χ4n) is 0.965. The molecule has 4 heteroatoms. The predicted octanol–water partition coefficient (Wildman–Crippen LogP) is 1.05. The van der Waals surface area contributed by atoms with Crippen LogP contribution in [0.25, 0.3) is 0 Å². The minimum Gasteiger partial charge on any atom is -0.350 e. The van der Waals surface area contributed by atoms with Gasteiger partial charge in [-0.1, -0.05) is 18.2 Å². The van der Waals surface area contributed by atoms with Crippen molar-refractivity contribution in [3.05, 3.63) is 30.3 Å². The van der Waals surface area contributed by atoms with Gasteiger partial charge in [0.15, 0.2) is 0 Å². The molecule has 2 N–H and O–H groups in total. The zero-order valence-corrected chi connectivity index (χ0v) is 7.77. The van der Waals surface area contributed by atoms with E-state index in [1.165, 1.54) is 5.01 Å². The number of amides is 2. The van der Waals surface area contributed by atoms with E-state index < -0.39 is 6.03 Å². The molecule has 13 heavy (non-hydrogen) atoms. The van der Waals surface area contributed by atoms with Gasteiger partial charge in [-0.25, -0.2) is 9.80 Å². The lowest BCUT2D eigenvalue weighted by Crippen LogP contribution is -2.44. The zero-order valence-electron chi connectivity index (χ0n) is 7.77. The summed E-state index contributed by atoms with van der Waals surface area (Å²) in [5.41, 5.74) is 6.04. The van der Waals surface area contributed by atoms with Gasteiger partial charge in [0, 0.05) is 14.1 Å². The third-order valence-corrected chi connectivity index (χ3v) is 1.90. The smallest absolute Gasteiger partial charge is 0.333 e. The topological polar surface area (TPSA) is 49.6 Å². The monoisotopic (exact) mass is 179 g/mol. The summed E-state index contributed by atoms with van der Waals surface area (Å²) in [5, 5.41) is 3.03. The number of carbonyl (C=O) groups is 1. The summed E-state index contributed by atoms with van der Waals surface area (Å²) < 4.78 is 0. The molecule has 0 atom stereocenters. The van der Waals surface area contributed by atoms with Crippen LogP contribution in [0.1, 0.15) is 0 Å². The number of anilines is 1. The van der Waals surface area contributed by atoms with E-state index in [0.29, 0.717) is 0 Å². The summed E-state index contributed by atoms with van der Waals surface area (Å²) in [7, 11) is 3.40. The number of nitrogens with zero attached hydrogens (tertiary/aromatic N) is 2. The normalized spacial score (nSPS) is 9.38. The fraction of sp³-hybridized carbons (Fsp3) is 0.222. The number of urea groups is 1. The van der Waals surface area contributed by atoms with Gasteiger partial charge in [0.2, 0.25) is 0 Å². The lowest BCUT2D eigenvalue weighted by atomic mass is 10.3.